The van der Waals surface area contributed by atoms with Crippen molar-refractivity contribution in [1.82, 2.24) is 5.06 Å². The van der Waals surface area contributed by atoms with Gasteiger partial charge in [-0.25, -0.2) is 4.79 Å². The van der Waals surface area contributed by atoms with Crippen LogP contribution in [0.1, 0.15) is 37.0 Å². The number of hydrogen-bond acceptors (Lipinski definition) is 4. The molecule has 0 radical (unpaired) electrons. The summed E-state index contributed by atoms with van der Waals surface area (Å²) in [7, 11) is 0. The van der Waals surface area contributed by atoms with E-state index in [1.54, 1.807) is 30.3 Å². The topological polar surface area (TPSA) is 63.7 Å². The Morgan fingerprint density at radius 1 is 1.06 bits per heavy atom. The largest absolute Gasteiger partial charge is 0.363 e. The lowest BCUT2D eigenvalue weighted by atomic mass is 10.2. The maximum absolute atomic E-state index is 11.5. The average molecular weight is 249 g/mol. The van der Waals surface area contributed by atoms with E-state index in [-0.39, 0.29) is 12.8 Å². The van der Waals surface area contributed by atoms with Crippen LogP contribution >= 0.6 is 0 Å². The zero-order chi connectivity index (χ0) is 13.5. The SMILES string of the molecule is CC.O=C(ON1C(=O)CCC1=O)c1ccccc1. The third-order valence-corrected chi connectivity index (χ3v) is 2.19. The number of carbonyl (C=O) groups excluding carboxylic acids is 3. The molecule has 1 aliphatic heterocycles. The van der Waals surface area contributed by atoms with Gasteiger partial charge in [-0.05, 0) is 12.1 Å². The number of hydrogen-bond donors (Lipinski definition) is 0. The number of rotatable bonds is 2. The van der Waals surface area contributed by atoms with Gasteiger partial charge in [0, 0.05) is 12.8 Å². The van der Waals surface area contributed by atoms with Crippen LogP contribution in [0.4, 0.5) is 0 Å². The second-order valence-electron chi connectivity index (χ2n) is 3.33. The van der Waals surface area contributed by atoms with Gasteiger partial charge in [0.15, 0.2) is 0 Å². The molecule has 0 spiro atoms. The summed E-state index contributed by atoms with van der Waals surface area (Å²) in [6.45, 7) is 4.00. The normalized spacial score (nSPS) is 14.0. The number of nitrogens with zero attached hydrogens (tertiary/aromatic N) is 1. The standard InChI is InChI=1S/C11H9NO4.C2H6/c13-9-6-7-10(14)12(9)16-11(15)8-4-2-1-3-5-8;1-2/h1-5H,6-7H2;1-2H3. The Labute approximate surface area is 105 Å². The molecule has 5 nitrogen and oxygen atoms in total. The summed E-state index contributed by atoms with van der Waals surface area (Å²) in [5.74, 6) is -1.66. The van der Waals surface area contributed by atoms with Gasteiger partial charge in [-0.15, -0.1) is 5.06 Å². The predicted octanol–water partition coefficient (Wildman–Crippen LogP) is 1.93. The fraction of sp³-hybridized carbons (Fsp3) is 0.308. The lowest BCUT2D eigenvalue weighted by molar-refractivity contribution is -0.172. The van der Waals surface area contributed by atoms with Crippen LogP contribution in [-0.4, -0.2) is 22.8 Å². The molecule has 0 saturated carbocycles. The van der Waals surface area contributed by atoms with Crippen molar-refractivity contribution in [3.8, 4) is 0 Å². The van der Waals surface area contributed by atoms with Crippen molar-refractivity contribution in [2.75, 3.05) is 0 Å². The van der Waals surface area contributed by atoms with Crippen molar-refractivity contribution in [3.63, 3.8) is 0 Å². The highest BCUT2D eigenvalue weighted by Crippen LogP contribution is 2.13. The summed E-state index contributed by atoms with van der Waals surface area (Å²) in [4.78, 5) is 38.6. The van der Waals surface area contributed by atoms with Crippen LogP contribution in [0.2, 0.25) is 0 Å². The summed E-state index contributed by atoms with van der Waals surface area (Å²) < 4.78 is 0. The van der Waals surface area contributed by atoms with Crippen molar-refractivity contribution in [2.45, 2.75) is 26.7 Å². The molecule has 0 atom stereocenters. The van der Waals surface area contributed by atoms with E-state index in [1.165, 1.54) is 0 Å². The Balaban J connectivity index is 0.000000771. The Morgan fingerprint density at radius 2 is 1.56 bits per heavy atom. The average Bonchev–Trinajstić information content (AvgIpc) is 2.74. The van der Waals surface area contributed by atoms with Gasteiger partial charge in [0.2, 0.25) is 0 Å². The minimum atomic E-state index is -0.704. The summed E-state index contributed by atoms with van der Waals surface area (Å²) in [6, 6.07) is 8.19. The summed E-state index contributed by atoms with van der Waals surface area (Å²) >= 11 is 0. The minimum Gasteiger partial charge on any atom is -0.325 e. The van der Waals surface area contributed by atoms with Gasteiger partial charge in [0.25, 0.3) is 11.8 Å². The van der Waals surface area contributed by atoms with Crippen molar-refractivity contribution < 1.29 is 19.2 Å². The van der Waals surface area contributed by atoms with Gasteiger partial charge >= 0.3 is 5.97 Å². The molecule has 1 heterocycles. The van der Waals surface area contributed by atoms with E-state index in [0.29, 0.717) is 10.6 Å². The molecule has 2 rings (SSSR count). The zero-order valence-corrected chi connectivity index (χ0v) is 10.4. The molecular formula is C13H15NO4. The first kappa shape index (κ1) is 13.9. The molecule has 1 aliphatic rings. The van der Waals surface area contributed by atoms with Gasteiger partial charge < -0.3 is 4.84 Å². The first-order chi connectivity index (χ1) is 8.68. The number of benzene rings is 1. The zero-order valence-electron chi connectivity index (χ0n) is 10.4. The highest BCUT2D eigenvalue weighted by atomic mass is 16.7. The van der Waals surface area contributed by atoms with E-state index < -0.39 is 17.8 Å². The number of imide groups is 1. The lowest BCUT2D eigenvalue weighted by Crippen LogP contribution is -2.32. The van der Waals surface area contributed by atoms with Gasteiger partial charge in [0.1, 0.15) is 0 Å². The molecule has 0 aliphatic carbocycles. The molecule has 1 fully saturated rings. The molecule has 1 aromatic carbocycles. The van der Waals surface area contributed by atoms with E-state index >= 15 is 0 Å². The smallest absolute Gasteiger partial charge is 0.325 e. The Morgan fingerprint density at radius 3 is 2.06 bits per heavy atom. The molecule has 0 bridgehead atoms. The van der Waals surface area contributed by atoms with Crippen molar-refractivity contribution in [1.29, 1.82) is 0 Å². The van der Waals surface area contributed by atoms with Gasteiger partial charge in [-0.2, -0.15) is 0 Å². The van der Waals surface area contributed by atoms with Crippen LogP contribution in [0.3, 0.4) is 0 Å². The van der Waals surface area contributed by atoms with Crippen LogP contribution in [0, 0.1) is 0 Å². The molecule has 2 amide bonds. The number of hydroxylamine groups is 2. The van der Waals surface area contributed by atoms with E-state index in [9.17, 15) is 14.4 Å². The lowest BCUT2D eigenvalue weighted by Gasteiger charge is -2.12. The maximum atomic E-state index is 11.5. The van der Waals surface area contributed by atoms with Gasteiger partial charge in [-0.1, -0.05) is 32.0 Å². The number of amides is 2. The molecule has 0 unspecified atom stereocenters. The third kappa shape index (κ3) is 3.16. The fourth-order valence-corrected chi connectivity index (χ4v) is 1.37. The number of carbonyl (C=O) groups is 3. The van der Waals surface area contributed by atoms with Crippen molar-refractivity contribution >= 4 is 17.8 Å². The van der Waals surface area contributed by atoms with Gasteiger partial charge in [0.05, 0.1) is 5.56 Å². The van der Waals surface area contributed by atoms with Crippen LogP contribution in [0.25, 0.3) is 0 Å². The summed E-state index contributed by atoms with van der Waals surface area (Å²) in [5, 5.41) is 0.537. The van der Waals surface area contributed by atoms with E-state index in [2.05, 4.69) is 0 Å². The predicted molar refractivity (Wildman–Crippen MR) is 64.3 cm³/mol. The molecule has 18 heavy (non-hydrogen) atoms. The van der Waals surface area contributed by atoms with Crippen molar-refractivity contribution in [3.05, 3.63) is 35.9 Å². The highest BCUT2D eigenvalue weighted by Gasteiger charge is 2.32. The Bertz CT molecular complexity index is 426. The van der Waals surface area contributed by atoms with Gasteiger partial charge in [-0.3, -0.25) is 9.59 Å². The van der Waals surface area contributed by atoms with Crippen LogP contribution < -0.4 is 0 Å². The van der Waals surface area contributed by atoms with E-state index in [4.69, 9.17) is 4.84 Å². The molecule has 0 aromatic heterocycles. The Kier molecular flexibility index (Phi) is 5.05. The van der Waals surface area contributed by atoms with E-state index in [0.717, 1.165) is 0 Å². The minimum absolute atomic E-state index is 0.0981. The second-order valence-corrected chi connectivity index (χ2v) is 3.33. The molecule has 1 aromatic rings. The molecule has 96 valence electrons. The van der Waals surface area contributed by atoms with E-state index in [1.807, 2.05) is 13.8 Å². The Hall–Kier alpha value is -2.17. The third-order valence-electron chi connectivity index (χ3n) is 2.19. The van der Waals surface area contributed by atoms with Crippen molar-refractivity contribution in [2.24, 2.45) is 0 Å². The molecule has 0 N–H and O–H groups in total. The highest BCUT2D eigenvalue weighted by molar-refractivity contribution is 6.02. The first-order valence-corrected chi connectivity index (χ1v) is 5.81. The quantitative estimate of drug-likeness (QED) is 0.751. The van der Waals surface area contributed by atoms with Crippen LogP contribution in [0.15, 0.2) is 30.3 Å². The van der Waals surface area contributed by atoms with Crippen LogP contribution in [-0.2, 0) is 14.4 Å². The second kappa shape index (κ2) is 6.54. The molecule has 1 saturated heterocycles. The van der Waals surface area contributed by atoms with Crippen LogP contribution in [0.5, 0.6) is 0 Å². The fourth-order valence-electron chi connectivity index (χ4n) is 1.37. The monoisotopic (exact) mass is 249 g/mol. The summed E-state index contributed by atoms with van der Waals surface area (Å²) in [6.07, 6.45) is 0.196. The first-order valence-electron chi connectivity index (χ1n) is 5.81. The molecular weight excluding hydrogens is 234 g/mol. The maximum Gasteiger partial charge on any atom is 0.363 e. The molecule has 5 heteroatoms. The summed E-state index contributed by atoms with van der Waals surface area (Å²) in [5.41, 5.74) is 0.301.